The van der Waals surface area contributed by atoms with Crippen LogP contribution in [-0.4, -0.2) is 32.3 Å². The van der Waals surface area contributed by atoms with Crippen molar-refractivity contribution in [1.82, 2.24) is 4.98 Å². The second kappa shape index (κ2) is 5.97. The van der Waals surface area contributed by atoms with E-state index in [1.807, 2.05) is 11.8 Å². The molecule has 0 bridgehead atoms. The summed E-state index contributed by atoms with van der Waals surface area (Å²) in [5.74, 6) is 1.18. The lowest BCUT2D eigenvalue weighted by molar-refractivity contribution is -0.117. The van der Waals surface area contributed by atoms with Crippen LogP contribution in [0.5, 0.6) is 0 Å². The Labute approximate surface area is 116 Å². The Morgan fingerprint density at radius 1 is 1.50 bits per heavy atom. The van der Waals surface area contributed by atoms with Crippen molar-refractivity contribution in [1.29, 1.82) is 0 Å². The number of carbonyl (C=O) groups excluding carboxylic acids is 1. The third-order valence-electron chi connectivity index (χ3n) is 3.22. The summed E-state index contributed by atoms with van der Waals surface area (Å²) in [5.41, 5.74) is 7.35. The Morgan fingerprint density at radius 2 is 2.28 bits per heavy atom. The van der Waals surface area contributed by atoms with Crippen molar-refractivity contribution in [3.8, 4) is 0 Å². The minimum atomic E-state index is 0.0980. The molecule has 1 aliphatic rings. The number of hydrogen-bond acceptors (Lipinski definition) is 5. The number of rotatable bonds is 3. The number of nitrogen functional groups attached to an aromatic ring is 1. The molecule has 2 N–H and O–H groups in total. The van der Waals surface area contributed by atoms with E-state index in [0.717, 1.165) is 11.3 Å². The molecule has 0 saturated carbocycles. The number of ketones is 1. The van der Waals surface area contributed by atoms with Gasteiger partial charge in [-0.15, -0.1) is 11.8 Å². The van der Waals surface area contributed by atoms with Crippen molar-refractivity contribution in [3.05, 3.63) is 24.0 Å². The second-order valence-electron chi connectivity index (χ2n) is 4.59. The van der Waals surface area contributed by atoms with Gasteiger partial charge in [0.2, 0.25) is 0 Å². The van der Waals surface area contributed by atoms with E-state index in [-0.39, 0.29) is 11.0 Å². The molecular weight excluding hydrogens is 264 g/mol. The minimum Gasteiger partial charge on any atom is -0.398 e. The number of pyridine rings is 1. The van der Waals surface area contributed by atoms with Gasteiger partial charge in [0.25, 0.3) is 0 Å². The largest absolute Gasteiger partial charge is 0.398 e. The summed E-state index contributed by atoms with van der Waals surface area (Å²) >= 11 is 3.68. The summed E-state index contributed by atoms with van der Waals surface area (Å²) in [7, 11) is 0. The molecule has 0 aliphatic carbocycles. The normalized spacial score (nSPS) is 28.0. The number of anilines is 1. The Hall–Kier alpha value is -0.680. The first-order chi connectivity index (χ1) is 8.58. The van der Waals surface area contributed by atoms with Gasteiger partial charge < -0.3 is 5.73 Å². The fraction of sp³-hybridized carbons (Fsp3) is 0.538. The molecule has 98 valence electrons. The molecule has 18 heavy (non-hydrogen) atoms. The Kier molecular flexibility index (Phi) is 4.56. The lowest BCUT2D eigenvalue weighted by atomic mass is 10.1. The summed E-state index contributed by atoms with van der Waals surface area (Å²) in [6, 6.07) is 1.75. The van der Waals surface area contributed by atoms with Crippen molar-refractivity contribution in [2.45, 2.75) is 36.0 Å². The van der Waals surface area contributed by atoms with Crippen molar-refractivity contribution >= 4 is 35.0 Å². The van der Waals surface area contributed by atoms with Gasteiger partial charge in [-0.2, -0.15) is 11.8 Å². The number of thioether (sulfide) groups is 2. The van der Waals surface area contributed by atoms with Crippen LogP contribution in [-0.2, 0) is 11.2 Å². The van der Waals surface area contributed by atoms with E-state index in [1.165, 1.54) is 0 Å². The molecule has 0 spiro atoms. The fourth-order valence-electron chi connectivity index (χ4n) is 1.84. The smallest absolute Gasteiger partial charge is 0.151 e. The highest BCUT2D eigenvalue weighted by Crippen LogP contribution is 2.36. The Balaban J connectivity index is 1.99. The molecular formula is C13H18N2OS2. The number of nitrogens with zero attached hydrogens (tertiary/aromatic N) is 1. The van der Waals surface area contributed by atoms with E-state index < -0.39 is 0 Å². The number of hydrogen-bond donors (Lipinski definition) is 1. The molecule has 1 saturated heterocycles. The number of nitrogens with two attached hydrogens (primary N) is 1. The van der Waals surface area contributed by atoms with Crippen molar-refractivity contribution in [2.24, 2.45) is 0 Å². The van der Waals surface area contributed by atoms with E-state index in [4.69, 9.17) is 5.73 Å². The quantitative estimate of drug-likeness (QED) is 0.922. The number of Topliss-reactive ketones (excluding diaryl/α,β-unsaturated/α-hetero) is 1. The van der Waals surface area contributed by atoms with Crippen molar-refractivity contribution in [2.75, 3.05) is 11.5 Å². The third kappa shape index (κ3) is 3.20. The number of carbonyl (C=O) groups is 1. The van der Waals surface area contributed by atoms with Crippen molar-refractivity contribution in [3.63, 3.8) is 0 Å². The van der Waals surface area contributed by atoms with Crippen LogP contribution in [0.1, 0.15) is 19.4 Å². The van der Waals surface area contributed by atoms with Gasteiger partial charge in [0.1, 0.15) is 0 Å². The van der Waals surface area contributed by atoms with Crippen LogP contribution in [0.4, 0.5) is 5.69 Å². The maximum absolute atomic E-state index is 12.3. The molecule has 1 aromatic heterocycles. The predicted octanol–water partition coefficient (Wildman–Crippen LogP) is 2.40. The van der Waals surface area contributed by atoms with Gasteiger partial charge in [0, 0.05) is 46.3 Å². The first-order valence-corrected chi connectivity index (χ1v) is 8.05. The van der Waals surface area contributed by atoms with Gasteiger partial charge in [-0.1, -0.05) is 13.8 Å². The standard InChI is InChI=1S/C13H18N2OS2/c1-8-9(2)18-13(7-17-8)12(16)5-10-6-15-4-3-11(10)14/h3-4,6,8-9,13H,5,7H2,1-2H3,(H2,14,15). The molecule has 1 fully saturated rings. The average Bonchev–Trinajstić information content (AvgIpc) is 2.35. The van der Waals surface area contributed by atoms with Gasteiger partial charge in [0.05, 0.1) is 5.25 Å². The highest BCUT2D eigenvalue weighted by atomic mass is 32.2. The van der Waals surface area contributed by atoms with Crippen molar-refractivity contribution < 1.29 is 4.79 Å². The zero-order valence-electron chi connectivity index (χ0n) is 10.6. The van der Waals surface area contributed by atoms with Crippen LogP contribution in [0.2, 0.25) is 0 Å². The maximum Gasteiger partial charge on any atom is 0.151 e. The Bertz CT molecular complexity index is 439. The SMILES string of the molecule is CC1SCC(C(=O)Cc2cnccc2N)SC1C. The molecule has 1 aliphatic heterocycles. The monoisotopic (exact) mass is 282 g/mol. The molecule has 3 unspecified atom stereocenters. The summed E-state index contributed by atoms with van der Waals surface area (Å²) < 4.78 is 0. The van der Waals surface area contributed by atoms with Crippen LogP contribution in [0.15, 0.2) is 18.5 Å². The zero-order valence-corrected chi connectivity index (χ0v) is 12.3. The predicted molar refractivity (Wildman–Crippen MR) is 80.1 cm³/mol. The molecule has 5 heteroatoms. The van der Waals surface area contributed by atoms with E-state index >= 15 is 0 Å². The molecule has 2 heterocycles. The van der Waals surface area contributed by atoms with Gasteiger partial charge in [-0.05, 0) is 6.07 Å². The average molecular weight is 282 g/mol. The summed E-state index contributed by atoms with van der Waals surface area (Å²) in [5, 5.41) is 1.26. The fourth-order valence-corrected chi connectivity index (χ4v) is 4.73. The van der Waals surface area contributed by atoms with E-state index in [9.17, 15) is 4.79 Å². The van der Waals surface area contributed by atoms with Crippen LogP contribution >= 0.6 is 23.5 Å². The van der Waals surface area contributed by atoms with E-state index in [0.29, 0.717) is 22.6 Å². The first kappa shape index (κ1) is 13.7. The highest BCUT2D eigenvalue weighted by Gasteiger charge is 2.30. The van der Waals surface area contributed by atoms with Crippen LogP contribution in [0, 0.1) is 0 Å². The van der Waals surface area contributed by atoms with Crippen LogP contribution < -0.4 is 5.73 Å². The molecule has 0 aromatic carbocycles. The van der Waals surface area contributed by atoms with Gasteiger partial charge >= 0.3 is 0 Å². The van der Waals surface area contributed by atoms with Gasteiger partial charge in [-0.3, -0.25) is 9.78 Å². The molecule has 1 aromatic rings. The molecule has 0 amide bonds. The molecule has 3 atom stereocenters. The number of aromatic nitrogens is 1. The summed E-state index contributed by atoms with van der Waals surface area (Å²) in [6.45, 7) is 4.42. The molecule has 2 rings (SSSR count). The first-order valence-electron chi connectivity index (χ1n) is 6.06. The topological polar surface area (TPSA) is 56.0 Å². The zero-order chi connectivity index (χ0) is 13.1. The lowest BCUT2D eigenvalue weighted by Crippen LogP contribution is -2.32. The van der Waals surface area contributed by atoms with Gasteiger partial charge in [-0.25, -0.2) is 0 Å². The highest BCUT2D eigenvalue weighted by molar-refractivity contribution is 8.08. The second-order valence-corrected chi connectivity index (χ2v) is 7.58. The molecule has 3 nitrogen and oxygen atoms in total. The maximum atomic E-state index is 12.3. The van der Waals surface area contributed by atoms with E-state index in [2.05, 4.69) is 18.8 Å². The third-order valence-corrected chi connectivity index (χ3v) is 6.65. The Morgan fingerprint density at radius 3 is 2.94 bits per heavy atom. The minimum absolute atomic E-state index is 0.0980. The van der Waals surface area contributed by atoms with E-state index in [1.54, 1.807) is 30.2 Å². The van der Waals surface area contributed by atoms with Crippen LogP contribution in [0.3, 0.4) is 0 Å². The van der Waals surface area contributed by atoms with Crippen LogP contribution in [0.25, 0.3) is 0 Å². The summed E-state index contributed by atoms with van der Waals surface area (Å²) in [4.78, 5) is 16.3. The molecule has 0 radical (unpaired) electrons. The van der Waals surface area contributed by atoms with Gasteiger partial charge in [0.15, 0.2) is 5.78 Å². The lowest BCUT2D eigenvalue weighted by Gasteiger charge is -2.30. The summed E-state index contributed by atoms with van der Waals surface area (Å²) in [6.07, 6.45) is 3.75.